The van der Waals surface area contributed by atoms with Crippen LogP contribution in [0.3, 0.4) is 0 Å². The molecule has 0 amide bonds. The standard InChI is InChI=1S/C73H136NO8P/c1-6-8-10-12-14-16-18-20-22-24-26-28-30-32-34-36-38-39-41-43-45-47-49-51-53-55-57-59-61-63-65-72(75)79-69-71(70-81-83(77,78)80-68-67-74(3,4)5)82-73(76)66-64-62-60-58-56-54-52-50-48-46-44-42-40-37-35-33-31-29-27-25-23-21-19-17-15-13-11-9-7-2/h9,11,15,17,21,23,27,29,33,35,71H,6-8,10,12-14,16,18-20,22,24-26,28,30-32,34,36-70H2,1-5H3/b11-9-,17-15-,23-21-,29-27-,35-33-. The SMILES string of the molecule is CC/C=C\C/C=C\C/C=C\C/C=C\C/C=C\CCCCCCCCCCCCCCCC(=O)OC(COC(=O)CCCCCCCCCCCCCCCCCCCCCCCCCCCCCCCC)COP(=O)([O-])OCC[N+](C)(C)C. The number of phosphoric acid groups is 1. The molecule has 0 saturated carbocycles. The molecule has 0 bridgehead atoms. The smallest absolute Gasteiger partial charge is 0.306 e. The molecule has 0 aromatic rings. The zero-order valence-electron chi connectivity index (χ0n) is 55.4. The Morgan fingerprint density at radius 1 is 0.386 bits per heavy atom. The fourth-order valence-electron chi connectivity index (χ4n) is 10.4. The first-order valence-electron chi connectivity index (χ1n) is 35.5. The molecule has 0 aliphatic heterocycles. The number of hydrogen-bond donors (Lipinski definition) is 0. The summed E-state index contributed by atoms with van der Waals surface area (Å²) in [5.41, 5.74) is 0. The third-order valence-corrected chi connectivity index (χ3v) is 16.8. The molecule has 0 aromatic heterocycles. The average molecular weight is 1190 g/mol. The Bertz CT molecular complexity index is 1580. The fraction of sp³-hybridized carbons (Fsp3) is 0.836. The molecule has 0 aliphatic carbocycles. The number of allylic oxidation sites excluding steroid dienone is 10. The Morgan fingerprint density at radius 3 is 1.02 bits per heavy atom. The van der Waals surface area contributed by atoms with E-state index in [2.05, 4.69) is 74.6 Å². The molecule has 0 saturated heterocycles. The number of unbranched alkanes of at least 4 members (excludes halogenated alkanes) is 42. The predicted molar refractivity (Wildman–Crippen MR) is 356 cm³/mol. The van der Waals surface area contributed by atoms with Crippen molar-refractivity contribution in [2.75, 3.05) is 47.5 Å². The van der Waals surface area contributed by atoms with Crippen LogP contribution in [0.2, 0.25) is 0 Å². The van der Waals surface area contributed by atoms with E-state index in [1.54, 1.807) is 0 Å². The van der Waals surface area contributed by atoms with Crippen molar-refractivity contribution in [2.24, 2.45) is 0 Å². The lowest BCUT2D eigenvalue weighted by Gasteiger charge is -2.28. The third-order valence-electron chi connectivity index (χ3n) is 15.8. The van der Waals surface area contributed by atoms with Crippen LogP contribution < -0.4 is 4.89 Å². The van der Waals surface area contributed by atoms with E-state index in [0.29, 0.717) is 17.4 Å². The van der Waals surface area contributed by atoms with Gasteiger partial charge in [0.15, 0.2) is 6.10 Å². The first-order chi connectivity index (χ1) is 40.5. The molecule has 486 valence electrons. The van der Waals surface area contributed by atoms with E-state index < -0.39 is 26.5 Å². The number of phosphoric ester groups is 1. The van der Waals surface area contributed by atoms with Gasteiger partial charge in [0.05, 0.1) is 27.7 Å². The van der Waals surface area contributed by atoms with E-state index in [9.17, 15) is 19.0 Å². The van der Waals surface area contributed by atoms with Gasteiger partial charge in [-0.25, -0.2) is 0 Å². The van der Waals surface area contributed by atoms with Crippen molar-refractivity contribution >= 4 is 19.8 Å². The molecule has 2 unspecified atom stereocenters. The molecule has 83 heavy (non-hydrogen) atoms. The van der Waals surface area contributed by atoms with Crippen molar-refractivity contribution in [3.8, 4) is 0 Å². The highest BCUT2D eigenvalue weighted by molar-refractivity contribution is 7.45. The minimum Gasteiger partial charge on any atom is -0.756 e. The molecule has 0 heterocycles. The van der Waals surface area contributed by atoms with Gasteiger partial charge in [0, 0.05) is 12.8 Å². The lowest BCUT2D eigenvalue weighted by molar-refractivity contribution is -0.870. The van der Waals surface area contributed by atoms with Gasteiger partial charge >= 0.3 is 11.9 Å². The number of nitrogens with zero attached hydrogens (tertiary/aromatic N) is 1. The zero-order valence-corrected chi connectivity index (χ0v) is 56.3. The van der Waals surface area contributed by atoms with Crippen molar-refractivity contribution in [1.82, 2.24) is 0 Å². The molecule has 0 N–H and O–H groups in total. The molecule has 0 aromatic carbocycles. The summed E-state index contributed by atoms with van der Waals surface area (Å²) in [5, 5.41) is 0. The highest BCUT2D eigenvalue weighted by Crippen LogP contribution is 2.38. The van der Waals surface area contributed by atoms with Crippen LogP contribution in [0.1, 0.15) is 341 Å². The number of ether oxygens (including phenoxy) is 2. The molecule has 0 fully saturated rings. The van der Waals surface area contributed by atoms with Crippen LogP contribution in [0.4, 0.5) is 0 Å². The molecule has 0 rings (SSSR count). The van der Waals surface area contributed by atoms with Crippen LogP contribution in [0.5, 0.6) is 0 Å². The second-order valence-electron chi connectivity index (χ2n) is 25.2. The van der Waals surface area contributed by atoms with Crippen LogP contribution in [-0.4, -0.2) is 70.0 Å². The van der Waals surface area contributed by atoms with Crippen LogP contribution in [0.15, 0.2) is 60.8 Å². The summed E-state index contributed by atoms with van der Waals surface area (Å²) in [4.78, 5) is 38.1. The van der Waals surface area contributed by atoms with E-state index in [1.807, 2.05) is 21.1 Å². The lowest BCUT2D eigenvalue weighted by Crippen LogP contribution is -2.37. The molecule has 10 heteroatoms. The summed E-state index contributed by atoms with van der Waals surface area (Å²) < 4.78 is 34.3. The highest BCUT2D eigenvalue weighted by Gasteiger charge is 2.22. The van der Waals surface area contributed by atoms with Crippen LogP contribution in [0, 0.1) is 0 Å². The Labute approximate surface area is 515 Å². The maximum absolute atomic E-state index is 12.9. The summed E-state index contributed by atoms with van der Waals surface area (Å²) in [7, 11) is 1.18. The van der Waals surface area contributed by atoms with Crippen molar-refractivity contribution in [2.45, 2.75) is 347 Å². The zero-order chi connectivity index (χ0) is 60.5. The summed E-state index contributed by atoms with van der Waals surface area (Å²) >= 11 is 0. The number of likely N-dealkylation sites (N-methyl/N-ethyl adjacent to an activating group) is 1. The van der Waals surface area contributed by atoms with E-state index in [-0.39, 0.29) is 32.0 Å². The topological polar surface area (TPSA) is 111 Å². The molecule has 0 spiro atoms. The Hall–Kier alpha value is -2.29. The quantitative estimate of drug-likeness (QED) is 0.0195. The van der Waals surface area contributed by atoms with Gasteiger partial charge in [-0.3, -0.25) is 14.2 Å². The molecule has 2 atom stereocenters. The van der Waals surface area contributed by atoms with Gasteiger partial charge in [-0.05, 0) is 57.8 Å². The van der Waals surface area contributed by atoms with Gasteiger partial charge in [0.2, 0.25) is 0 Å². The molecular weight excluding hydrogens is 1050 g/mol. The third kappa shape index (κ3) is 68.7. The number of carbonyl (C=O) groups is 2. The van der Waals surface area contributed by atoms with Crippen LogP contribution in [-0.2, 0) is 32.7 Å². The Balaban J connectivity index is 4.01. The van der Waals surface area contributed by atoms with Gasteiger partial charge in [0.25, 0.3) is 7.82 Å². The molecule has 0 aliphatic rings. The summed E-state index contributed by atoms with van der Waals surface area (Å²) in [6.45, 7) is 4.18. The van der Waals surface area contributed by atoms with Gasteiger partial charge in [0.1, 0.15) is 19.8 Å². The van der Waals surface area contributed by atoms with Gasteiger partial charge in [-0.1, -0.05) is 331 Å². The summed E-state index contributed by atoms with van der Waals surface area (Å²) in [6.07, 6.45) is 84.5. The van der Waals surface area contributed by atoms with E-state index >= 15 is 0 Å². The minimum atomic E-state index is -4.64. The van der Waals surface area contributed by atoms with Crippen LogP contribution in [0.25, 0.3) is 0 Å². The second kappa shape index (κ2) is 64.2. The maximum Gasteiger partial charge on any atom is 0.306 e. The molecular formula is C73H136NO8P. The number of rotatable bonds is 66. The Kier molecular flexibility index (Phi) is 62.4. The summed E-state index contributed by atoms with van der Waals surface area (Å²) in [6, 6.07) is 0. The molecule has 9 nitrogen and oxygen atoms in total. The number of hydrogen-bond acceptors (Lipinski definition) is 8. The average Bonchev–Trinajstić information content (AvgIpc) is 3.49. The highest BCUT2D eigenvalue weighted by atomic mass is 31.2. The van der Waals surface area contributed by atoms with Crippen molar-refractivity contribution in [1.29, 1.82) is 0 Å². The minimum absolute atomic E-state index is 0.0304. The maximum atomic E-state index is 12.9. The Morgan fingerprint density at radius 2 is 0.687 bits per heavy atom. The lowest BCUT2D eigenvalue weighted by atomic mass is 10.0. The number of quaternary nitrogens is 1. The number of esters is 2. The normalized spacial score (nSPS) is 13.5. The van der Waals surface area contributed by atoms with Crippen molar-refractivity contribution in [3.05, 3.63) is 60.8 Å². The predicted octanol–water partition coefficient (Wildman–Crippen LogP) is 22.4. The monoisotopic (exact) mass is 1190 g/mol. The van der Waals surface area contributed by atoms with Gasteiger partial charge in [-0.2, -0.15) is 0 Å². The second-order valence-corrected chi connectivity index (χ2v) is 26.6. The van der Waals surface area contributed by atoms with Crippen molar-refractivity contribution < 1.29 is 42.1 Å². The first kappa shape index (κ1) is 80.7. The largest absolute Gasteiger partial charge is 0.756 e. The number of carbonyl (C=O) groups excluding carboxylic acids is 2. The van der Waals surface area contributed by atoms with Gasteiger partial charge < -0.3 is 27.9 Å². The summed E-state index contributed by atoms with van der Waals surface area (Å²) in [5.74, 6) is -0.818. The van der Waals surface area contributed by atoms with E-state index in [0.717, 1.165) is 70.6 Å². The molecule has 0 radical (unpaired) electrons. The van der Waals surface area contributed by atoms with Crippen molar-refractivity contribution in [3.63, 3.8) is 0 Å². The fourth-order valence-corrected chi connectivity index (χ4v) is 11.1. The van der Waals surface area contributed by atoms with Gasteiger partial charge in [-0.15, -0.1) is 0 Å². The first-order valence-corrected chi connectivity index (χ1v) is 37.0. The van der Waals surface area contributed by atoms with Crippen LogP contribution >= 0.6 is 7.82 Å². The van der Waals surface area contributed by atoms with E-state index in [4.69, 9.17) is 18.5 Å². The van der Waals surface area contributed by atoms with E-state index in [1.165, 1.54) is 238 Å².